The highest BCUT2D eigenvalue weighted by atomic mass is 16.5. The van der Waals surface area contributed by atoms with E-state index in [1.165, 1.54) is 6.92 Å². The van der Waals surface area contributed by atoms with Crippen molar-refractivity contribution in [1.82, 2.24) is 0 Å². The number of aliphatic hydroxyl groups excluding tert-OH is 2. The highest BCUT2D eigenvalue weighted by molar-refractivity contribution is 5.65. The van der Waals surface area contributed by atoms with Gasteiger partial charge in [-0.3, -0.25) is 4.79 Å². The lowest BCUT2D eigenvalue weighted by molar-refractivity contribution is -0.142. The van der Waals surface area contributed by atoms with Gasteiger partial charge in [0.05, 0.1) is 13.2 Å². The van der Waals surface area contributed by atoms with Crippen molar-refractivity contribution in [1.29, 1.82) is 0 Å². The van der Waals surface area contributed by atoms with Gasteiger partial charge in [0, 0.05) is 6.92 Å². The Hall–Kier alpha value is -1.39. The summed E-state index contributed by atoms with van der Waals surface area (Å²) >= 11 is 0. The van der Waals surface area contributed by atoms with Gasteiger partial charge in [0.1, 0.15) is 6.61 Å². The zero-order valence-corrected chi connectivity index (χ0v) is 8.72. The van der Waals surface area contributed by atoms with Crippen molar-refractivity contribution in [3.8, 4) is 0 Å². The van der Waals surface area contributed by atoms with Gasteiger partial charge in [-0.25, -0.2) is 0 Å². The number of hydrogen-bond acceptors (Lipinski definition) is 4. The second-order valence-electron chi connectivity index (χ2n) is 2.71. The quantitative estimate of drug-likeness (QED) is 0.724. The molecule has 0 unspecified atom stereocenters. The minimum Gasteiger partial charge on any atom is -0.461 e. The fraction of sp³-hybridized carbons (Fsp3) is 0.364. The van der Waals surface area contributed by atoms with E-state index in [-0.39, 0.29) is 19.2 Å². The zero-order chi connectivity index (χ0) is 11.5. The first-order chi connectivity index (χ1) is 7.20. The normalized spacial score (nSPS) is 8.73. The predicted octanol–water partition coefficient (Wildman–Crippen LogP) is 0.721. The fourth-order valence-electron chi connectivity index (χ4n) is 0.759. The SMILES string of the molecule is CC(=O)OCc1ccccc1.OCCO. The molecule has 0 radical (unpaired) electrons. The van der Waals surface area contributed by atoms with E-state index in [0.717, 1.165) is 5.56 Å². The summed E-state index contributed by atoms with van der Waals surface area (Å²) in [5.41, 5.74) is 1.02. The van der Waals surface area contributed by atoms with Crippen LogP contribution in [0.4, 0.5) is 0 Å². The Kier molecular flexibility index (Phi) is 8.33. The third-order valence-corrected chi connectivity index (χ3v) is 1.38. The van der Waals surface area contributed by atoms with E-state index < -0.39 is 0 Å². The molecule has 0 fully saturated rings. The number of esters is 1. The summed E-state index contributed by atoms with van der Waals surface area (Å²) in [7, 11) is 0. The third kappa shape index (κ3) is 8.93. The van der Waals surface area contributed by atoms with Gasteiger partial charge in [0.15, 0.2) is 0 Å². The first-order valence-electron chi connectivity index (χ1n) is 4.59. The van der Waals surface area contributed by atoms with Crippen LogP contribution in [-0.4, -0.2) is 29.4 Å². The van der Waals surface area contributed by atoms with E-state index in [1.54, 1.807) is 0 Å². The Morgan fingerprint density at radius 2 is 1.73 bits per heavy atom. The Morgan fingerprint density at radius 1 is 1.20 bits per heavy atom. The molecule has 0 aliphatic carbocycles. The Balaban J connectivity index is 0.000000423. The summed E-state index contributed by atoms with van der Waals surface area (Å²) in [5.74, 6) is -0.242. The van der Waals surface area contributed by atoms with Gasteiger partial charge in [-0.1, -0.05) is 30.3 Å². The maximum atomic E-state index is 10.4. The first-order valence-corrected chi connectivity index (χ1v) is 4.59. The number of carbonyl (C=O) groups excluding carboxylic acids is 1. The summed E-state index contributed by atoms with van der Waals surface area (Å²) in [4.78, 5) is 10.4. The average Bonchev–Trinajstić information content (AvgIpc) is 2.28. The zero-order valence-electron chi connectivity index (χ0n) is 8.72. The number of ether oxygens (including phenoxy) is 1. The number of carbonyl (C=O) groups is 1. The van der Waals surface area contributed by atoms with Gasteiger partial charge in [-0.2, -0.15) is 0 Å². The van der Waals surface area contributed by atoms with E-state index in [9.17, 15) is 4.79 Å². The standard InChI is InChI=1S/C9H10O2.C2H6O2/c1-8(10)11-7-9-5-3-2-4-6-9;3-1-2-4/h2-6H,7H2,1H3;3-4H,1-2H2. The van der Waals surface area contributed by atoms with Gasteiger partial charge in [-0.05, 0) is 5.56 Å². The van der Waals surface area contributed by atoms with Crippen molar-refractivity contribution in [2.75, 3.05) is 13.2 Å². The second kappa shape index (κ2) is 9.18. The van der Waals surface area contributed by atoms with Crippen LogP contribution in [0.3, 0.4) is 0 Å². The van der Waals surface area contributed by atoms with E-state index in [2.05, 4.69) is 0 Å². The van der Waals surface area contributed by atoms with E-state index in [1.807, 2.05) is 30.3 Å². The molecule has 0 saturated heterocycles. The summed E-state index contributed by atoms with van der Waals surface area (Å²) in [6, 6.07) is 9.60. The van der Waals surface area contributed by atoms with Crippen molar-refractivity contribution < 1.29 is 19.7 Å². The van der Waals surface area contributed by atoms with Crippen LogP contribution < -0.4 is 0 Å². The molecular formula is C11H16O4. The molecule has 1 aromatic rings. The van der Waals surface area contributed by atoms with Crippen molar-refractivity contribution in [3.05, 3.63) is 35.9 Å². The molecule has 0 amide bonds. The predicted molar refractivity (Wildman–Crippen MR) is 56.1 cm³/mol. The largest absolute Gasteiger partial charge is 0.461 e. The van der Waals surface area contributed by atoms with Gasteiger partial charge in [0.25, 0.3) is 0 Å². The molecule has 0 saturated carbocycles. The van der Waals surface area contributed by atoms with E-state index in [4.69, 9.17) is 14.9 Å². The summed E-state index contributed by atoms with van der Waals surface area (Å²) in [6.07, 6.45) is 0. The van der Waals surface area contributed by atoms with Crippen molar-refractivity contribution in [2.45, 2.75) is 13.5 Å². The molecule has 0 spiro atoms. The molecule has 0 aromatic heterocycles. The summed E-state index contributed by atoms with van der Waals surface area (Å²) in [6.45, 7) is 1.53. The Bertz CT molecular complexity index is 257. The fourth-order valence-corrected chi connectivity index (χ4v) is 0.759. The number of hydrogen-bond donors (Lipinski definition) is 2. The van der Waals surface area contributed by atoms with E-state index in [0.29, 0.717) is 6.61 Å². The van der Waals surface area contributed by atoms with Crippen molar-refractivity contribution in [3.63, 3.8) is 0 Å². The van der Waals surface area contributed by atoms with Crippen LogP contribution in [0.1, 0.15) is 12.5 Å². The Morgan fingerprint density at radius 3 is 2.13 bits per heavy atom. The topological polar surface area (TPSA) is 66.8 Å². The van der Waals surface area contributed by atoms with Gasteiger partial charge in [0.2, 0.25) is 0 Å². The molecule has 4 nitrogen and oxygen atoms in total. The van der Waals surface area contributed by atoms with Gasteiger partial charge >= 0.3 is 5.97 Å². The first kappa shape index (κ1) is 13.6. The molecular weight excluding hydrogens is 196 g/mol. The maximum absolute atomic E-state index is 10.4. The molecule has 0 bridgehead atoms. The molecule has 84 valence electrons. The average molecular weight is 212 g/mol. The lowest BCUT2D eigenvalue weighted by Gasteiger charge is -1.99. The molecule has 2 N–H and O–H groups in total. The van der Waals surface area contributed by atoms with Crippen molar-refractivity contribution in [2.24, 2.45) is 0 Å². The monoisotopic (exact) mass is 212 g/mol. The highest BCUT2D eigenvalue weighted by Gasteiger charge is 1.93. The van der Waals surface area contributed by atoms with Crippen LogP contribution in [0.2, 0.25) is 0 Å². The lowest BCUT2D eigenvalue weighted by atomic mass is 10.2. The van der Waals surface area contributed by atoms with Crippen molar-refractivity contribution >= 4 is 5.97 Å². The molecule has 1 rings (SSSR count). The summed E-state index contributed by atoms with van der Waals surface area (Å²) in [5, 5.41) is 15.2. The summed E-state index contributed by atoms with van der Waals surface area (Å²) < 4.78 is 4.79. The third-order valence-electron chi connectivity index (χ3n) is 1.38. The van der Waals surface area contributed by atoms with Crippen LogP contribution in [0.15, 0.2) is 30.3 Å². The lowest BCUT2D eigenvalue weighted by Crippen LogP contribution is -1.97. The highest BCUT2D eigenvalue weighted by Crippen LogP contribution is 1.99. The second-order valence-corrected chi connectivity index (χ2v) is 2.71. The molecule has 0 aliphatic heterocycles. The van der Waals surface area contributed by atoms with E-state index >= 15 is 0 Å². The maximum Gasteiger partial charge on any atom is 0.302 e. The van der Waals surface area contributed by atoms with Gasteiger partial charge < -0.3 is 14.9 Å². The molecule has 15 heavy (non-hydrogen) atoms. The smallest absolute Gasteiger partial charge is 0.302 e. The number of rotatable bonds is 3. The molecule has 1 aromatic carbocycles. The van der Waals surface area contributed by atoms with Crippen LogP contribution in [0.25, 0.3) is 0 Å². The molecule has 0 atom stereocenters. The number of aliphatic hydroxyl groups is 2. The minimum absolute atomic E-state index is 0.125. The molecule has 0 aliphatic rings. The molecule has 4 heteroatoms. The van der Waals surface area contributed by atoms with Crippen LogP contribution in [0, 0.1) is 0 Å². The molecule has 0 heterocycles. The number of benzene rings is 1. The van der Waals surface area contributed by atoms with Gasteiger partial charge in [-0.15, -0.1) is 0 Å². The van der Waals surface area contributed by atoms with Crippen LogP contribution >= 0.6 is 0 Å². The van der Waals surface area contributed by atoms with Crippen LogP contribution in [-0.2, 0) is 16.1 Å². The van der Waals surface area contributed by atoms with Crippen LogP contribution in [0.5, 0.6) is 0 Å². The minimum atomic E-state index is -0.242. The Labute approximate surface area is 89.1 Å².